The van der Waals surface area contributed by atoms with Crippen LogP contribution in [-0.2, 0) is 11.3 Å². The molecule has 3 heteroatoms. The SMILES string of the molecule is Cc1cc(C#N)ccc1CNCCOCC(C)C. The molecule has 98 valence electrons. The van der Waals surface area contributed by atoms with E-state index in [-0.39, 0.29) is 0 Å². The molecule has 0 bridgehead atoms. The van der Waals surface area contributed by atoms with Crippen molar-refractivity contribution in [3.63, 3.8) is 0 Å². The number of rotatable bonds is 7. The van der Waals surface area contributed by atoms with E-state index < -0.39 is 0 Å². The summed E-state index contributed by atoms with van der Waals surface area (Å²) in [5.41, 5.74) is 3.11. The molecular weight excluding hydrogens is 224 g/mol. The zero-order valence-corrected chi connectivity index (χ0v) is 11.5. The summed E-state index contributed by atoms with van der Waals surface area (Å²) in [5, 5.41) is 12.1. The monoisotopic (exact) mass is 246 g/mol. The Morgan fingerprint density at radius 1 is 1.39 bits per heavy atom. The highest BCUT2D eigenvalue weighted by Gasteiger charge is 1.99. The van der Waals surface area contributed by atoms with Crippen LogP contribution in [0.5, 0.6) is 0 Å². The van der Waals surface area contributed by atoms with E-state index in [1.54, 1.807) is 0 Å². The summed E-state index contributed by atoms with van der Waals surface area (Å²) in [6.07, 6.45) is 0. The zero-order valence-electron chi connectivity index (χ0n) is 11.5. The van der Waals surface area contributed by atoms with E-state index in [1.165, 1.54) is 5.56 Å². The zero-order chi connectivity index (χ0) is 13.4. The number of nitrogens with one attached hydrogen (secondary N) is 1. The quantitative estimate of drug-likeness (QED) is 0.752. The third-order valence-electron chi connectivity index (χ3n) is 2.66. The van der Waals surface area contributed by atoms with E-state index in [0.717, 1.165) is 37.4 Å². The number of hydrogen-bond acceptors (Lipinski definition) is 3. The van der Waals surface area contributed by atoms with E-state index >= 15 is 0 Å². The largest absolute Gasteiger partial charge is 0.380 e. The minimum Gasteiger partial charge on any atom is -0.380 e. The van der Waals surface area contributed by atoms with Gasteiger partial charge < -0.3 is 10.1 Å². The van der Waals surface area contributed by atoms with Gasteiger partial charge in [0, 0.05) is 19.7 Å². The van der Waals surface area contributed by atoms with Crippen molar-refractivity contribution in [2.45, 2.75) is 27.3 Å². The Hall–Kier alpha value is -1.37. The highest BCUT2D eigenvalue weighted by Crippen LogP contribution is 2.10. The van der Waals surface area contributed by atoms with Crippen LogP contribution in [0.15, 0.2) is 18.2 Å². The molecule has 0 atom stereocenters. The van der Waals surface area contributed by atoms with E-state index in [1.807, 2.05) is 25.1 Å². The molecule has 0 amide bonds. The van der Waals surface area contributed by atoms with Crippen LogP contribution in [0.2, 0.25) is 0 Å². The fourth-order valence-electron chi connectivity index (χ4n) is 1.65. The Morgan fingerprint density at radius 3 is 2.78 bits per heavy atom. The van der Waals surface area contributed by atoms with Gasteiger partial charge in [0.05, 0.1) is 18.2 Å². The van der Waals surface area contributed by atoms with Gasteiger partial charge in [-0.25, -0.2) is 0 Å². The lowest BCUT2D eigenvalue weighted by atomic mass is 10.1. The van der Waals surface area contributed by atoms with Crippen molar-refractivity contribution >= 4 is 0 Å². The van der Waals surface area contributed by atoms with Crippen LogP contribution in [0.4, 0.5) is 0 Å². The molecule has 0 fully saturated rings. The molecule has 0 saturated carbocycles. The number of nitriles is 1. The van der Waals surface area contributed by atoms with E-state index in [0.29, 0.717) is 5.92 Å². The van der Waals surface area contributed by atoms with Crippen LogP contribution in [0.1, 0.15) is 30.5 Å². The molecule has 0 saturated heterocycles. The van der Waals surface area contributed by atoms with E-state index in [9.17, 15) is 0 Å². The van der Waals surface area contributed by atoms with Crippen LogP contribution >= 0.6 is 0 Å². The summed E-state index contributed by atoms with van der Waals surface area (Å²) in [5.74, 6) is 0.589. The fraction of sp³-hybridized carbons (Fsp3) is 0.533. The molecule has 18 heavy (non-hydrogen) atoms. The molecule has 0 aliphatic carbocycles. The number of benzene rings is 1. The minimum atomic E-state index is 0.589. The van der Waals surface area contributed by atoms with Gasteiger partial charge in [-0.05, 0) is 36.1 Å². The first-order valence-corrected chi connectivity index (χ1v) is 6.41. The molecule has 1 N–H and O–H groups in total. The predicted octanol–water partition coefficient (Wildman–Crippen LogP) is 2.63. The Bertz CT molecular complexity index is 407. The molecule has 1 aromatic carbocycles. The second-order valence-corrected chi connectivity index (χ2v) is 4.90. The standard InChI is InChI=1S/C15H22N2O/c1-12(2)11-18-7-6-17-10-15-5-4-14(9-16)8-13(15)3/h4-5,8,12,17H,6-7,10-11H2,1-3H3. The third-order valence-corrected chi connectivity index (χ3v) is 2.66. The average molecular weight is 246 g/mol. The third kappa shape index (κ3) is 5.31. The molecule has 1 rings (SSSR count). The van der Waals surface area contributed by atoms with Crippen molar-refractivity contribution < 1.29 is 4.74 Å². The molecule has 0 aliphatic rings. The topological polar surface area (TPSA) is 45.0 Å². The van der Waals surface area contributed by atoms with Gasteiger partial charge in [0.2, 0.25) is 0 Å². The molecular formula is C15H22N2O. The summed E-state index contributed by atoms with van der Waals surface area (Å²) < 4.78 is 5.49. The van der Waals surface area contributed by atoms with Crippen LogP contribution in [0.3, 0.4) is 0 Å². The lowest BCUT2D eigenvalue weighted by Crippen LogP contribution is -2.20. The first-order chi connectivity index (χ1) is 8.63. The van der Waals surface area contributed by atoms with Crippen molar-refractivity contribution in [1.29, 1.82) is 5.26 Å². The van der Waals surface area contributed by atoms with Gasteiger partial charge in [0.15, 0.2) is 0 Å². The summed E-state index contributed by atoms with van der Waals surface area (Å²) >= 11 is 0. The van der Waals surface area contributed by atoms with Crippen LogP contribution in [0.25, 0.3) is 0 Å². The summed E-state index contributed by atoms with van der Waals surface area (Å²) in [6, 6.07) is 7.94. The van der Waals surface area contributed by atoms with Crippen molar-refractivity contribution in [2.24, 2.45) is 5.92 Å². The van der Waals surface area contributed by atoms with Gasteiger partial charge in [-0.2, -0.15) is 5.26 Å². The van der Waals surface area contributed by atoms with Gasteiger partial charge in [-0.3, -0.25) is 0 Å². The van der Waals surface area contributed by atoms with E-state index in [4.69, 9.17) is 10.00 Å². The second-order valence-electron chi connectivity index (χ2n) is 4.90. The van der Waals surface area contributed by atoms with Crippen LogP contribution in [-0.4, -0.2) is 19.8 Å². The Morgan fingerprint density at radius 2 is 2.17 bits per heavy atom. The lowest BCUT2D eigenvalue weighted by Gasteiger charge is -2.09. The molecule has 1 aromatic rings. The number of aryl methyl sites for hydroxylation is 1. The Balaban J connectivity index is 2.25. The molecule has 0 radical (unpaired) electrons. The van der Waals surface area contributed by atoms with Crippen molar-refractivity contribution in [3.05, 3.63) is 34.9 Å². The maximum absolute atomic E-state index is 8.79. The molecule has 0 unspecified atom stereocenters. The van der Waals surface area contributed by atoms with Crippen molar-refractivity contribution in [2.75, 3.05) is 19.8 Å². The second kappa shape index (κ2) is 7.86. The van der Waals surface area contributed by atoms with Gasteiger partial charge in [0.25, 0.3) is 0 Å². The van der Waals surface area contributed by atoms with E-state index in [2.05, 4.69) is 25.2 Å². The summed E-state index contributed by atoms with van der Waals surface area (Å²) in [6.45, 7) is 9.56. The highest BCUT2D eigenvalue weighted by molar-refractivity contribution is 5.37. The maximum atomic E-state index is 8.79. The molecule has 0 spiro atoms. The molecule has 0 heterocycles. The van der Waals surface area contributed by atoms with Gasteiger partial charge in [0.1, 0.15) is 0 Å². The van der Waals surface area contributed by atoms with Crippen molar-refractivity contribution in [1.82, 2.24) is 5.32 Å². The average Bonchev–Trinajstić information content (AvgIpc) is 2.34. The van der Waals surface area contributed by atoms with Gasteiger partial charge in [-0.1, -0.05) is 19.9 Å². The van der Waals surface area contributed by atoms with Crippen molar-refractivity contribution in [3.8, 4) is 6.07 Å². The summed E-state index contributed by atoms with van der Waals surface area (Å²) in [7, 11) is 0. The normalized spacial score (nSPS) is 10.6. The molecule has 0 aliphatic heterocycles. The number of hydrogen-bond donors (Lipinski definition) is 1. The van der Waals surface area contributed by atoms with Crippen LogP contribution in [0, 0.1) is 24.2 Å². The summed E-state index contributed by atoms with van der Waals surface area (Å²) in [4.78, 5) is 0. The number of nitrogens with zero attached hydrogens (tertiary/aromatic N) is 1. The molecule has 0 aromatic heterocycles. The lowest BCUT2D eigenvalue weighted by molar-refractivity contribution is 0.111. The van der Waals surface area contributed by atoms with Gasteiger partial charge in [-0.15, -0.1) is 0 Å². The smallest absolute Gasteiger partial charge is 0.0991 e. The fourth-order valence-corrected chi connectivity index (χ4v) is 1.65. The first-order valence-electron chi connectivity index (χ1n) is 6.41. The number of ether oxygens (including phenoxy) is 1. The highest BCUT2D eigenvalue weighted by atomic mass is 16.5. The molecule has 3 nitrogen and oxygen atoms in total. The Labute approximate surface area is 110 Å². The maximum Gasteiger partial charge on any atom is 0.0991 e. The minimum absolute atomic E-state index is 0.589. The van der Waals surface area contributed by atoms with Crippen LogP contribution < -0.4 is 5.32 Å². The van der Waals surface area contributed by atoms with Gasteiger partial charge >= 0.3 is 0 Å². The predicted molar refractivity (Wildman–Crippen MR) is 73.3 cm³/mol. The Kier molecular flexibility index (Phi) is 6.42. The first kappa shape index (κ1) is 14.7.